The van der Waals surface area contributed by atoms with E-state index in [1.807, 2.05) is 44.2 Å². The Hall–Kier alpha value is -2.27. The van der Waals surface area contributed by atoms with Crippen molar-refractivity contribution in [3.05, 3.63) is 42.1 Å². The lowest BCUT2D eigenvalue weighted by Crippen LogP contribution is -2.30. The van der Waals surface area contributed by atoms with E-state index < -0.39 is 0 Å². The first-order valence-electron chi connectivity index (χ1n) is 9.63. The van der Waals surface area contributed by atoms with E-state index in [0.717, 1.165) is 17.8 Å². The van der Waals surface area contributed by atoms with E-state index in [1.165, 1.54) is 0 Å². The molecule has 0 fully saturated rings. The molecule has 0 saturated carbocycles. The number of nitrogens with zero attached hydrogens (tertiary/aromatic N) is 2. The quantitative estimate of drug-likeness (QED) is 0.198. The average Bonchev–Trinajstić information content (AvgIpc) is 2.74. The molecule has 0 spiro atoms. The predicted octanol–water partition coefficient (Wildman–Crippen LogP) is 3.71. The van der Waals surface area contributed by atoms with Crippen molar-refractivity contribution in [2.45, 2.75) is 20.4 Å². The maximum absolute atomic E-state index is 5.68. The smallest absolute Gasteiger partial charge is 0.218 e. The first-order chi connectivity index (χ1) is 14.2. The van der Waals surface area contributed by atoms with E-state index in [2.05, 4.69) is 20.6 Å². The fourth-order valence-electron chi connectivity index (χ4n) is 2.53. The Morgan fingerprint density at radius 3 is 2.60 bits per heavy atom. The number of nitrogens with one attached hydrogen (secondary N) is 2. The number of hydrogen-bond donors (Lipinski definition) is 2. The van der Waals surface area contributed by atoms with Crippen LogP contribution in [0.5, 0.6) is 17.4 Å². The number of halogens is 1. The van der Waals surface area contributed by atoms with Crippen LogP contribution in [0.2, 0.25) is 0 Å². The Balaban J connectivity index is 0.00000450. The third-order valence-corrected chi connectivity index (χ3v) is 3.85. The van der Waals surface area contributed by atoms with Crippen molar-refractivity contribution in [2.24, 2.45) is 4.99 Å². The zero-order valence-electron chi connectivity index (χ0n) is 17.9. The van der Waals surface area contributed by atoms with Gasteiger partial charge < -0.3 is 29.6 Å². The summed E-state index contributed by atoms with van der Waals surface area (Å²) in [5.74, 6) is 2.57. The van der Waals surface area contributed by atoms with E-state index in [1.54, 1.807) is 20.4 Å². The lowest BCUT2D eigenvalue weighted by Gasteiger charge is -2.15. The second kappa shape index (κ2) is 14.7. The summed E-state index contributed by atoms with van der Waals surface area (Å²) in [7, 11) is 3.26. The van der Waals surface area contributed by atoms with Gasteiger partial charge in [0.05, 0.1) is 26.9 Å². The number of guanidine groups is 1. The maximum Gasteiger partial charge on any atom is 0.218 e. The van der Waals surface area contributed by atoms with Crippen molar-refractivity contribution in [2.75, 3.05) is 45.9 Å². The summed E-state index contributed by atoms with van der Waals surface area (Å²) >= 11 is 0. The Kier molecular flexibility index (Phi) is 12.6. The lowest BCUT2D eigenvalue weighted by atomic mass is 10.2. The molecule has 0 unspecified atom stereocenters. The molecule has 166 valence electrons. The molecule has 0 aliphatic rings. The highest BCUT2D eigenvalue weighted by Crippen LogP contribution is 2.30. The summed E-state index contributed by atoms with van der Waals surface area (Å²) in [5.41, 5.74) is 1.74. The van der Waals surface area contributed by atoms with Crippen LogP contribution in [0.25, 0.3) is 0 Å². The lowest BCUT2D eigenvalue weighted by molar-refractivity contribution is 0.143. The first-order valence-corrected chi connectivity index (χ1v) is 9.63. The minimum atomic E-state index is 0. The topological polar surface area (TPSA) is 86.2 Å². The van der Waals surface area contributed by atoms with Gasteiger partial charge >= 0.3 is 0 Å². The van der Waals surface area contributed by atoms with Gasteiger partial charge in [-0.3, -0.25) is 0 Å². The van der Waals surface area contributed by atoms with Crippen molar-refractivity contribution in [3.8, 4) is 17.4 Å². The highest BCUT2D eigenvalue weighted by molar-refractivity contribution is 14.0. The zero-order chi connectivity index (χ0) is 20.9. The molecule has 2 rings (SSSR count). The van der Waals surface area contributed by atoms with Crippen LogP contribution in [0, 0.1) is 0 Å². The Morgan fingerprint density at radius 2 is 1.90 bits per heavy atom. The summed E-state index contributed by atoms with van der Waals surface area (Å²) in [4.78, 5) is 8.95. The van der Waals surface area contributed by atoms with Gasteiger partial charge in [-0.05, 0) is 32.0 Å². The van der Waals surface area contributed by atoms with Gasteiger partial charge in [0, 0.05) is 37.2 Å². The zero-order valence-corrected chi connectivity index (χ0v) is 20.3. The molecule has 0 aliphatic heterocycles. The molecule has 2 N–H and O–H groups in total. The van der Waals surface area contributed by atoms with Crippen molar-refractivity contribution in [1.82, 2.24) is 10.3 Å². The summed E-state index contributed by atoms with van der Waals surface area (Å²) in [6.07, 6.45) is 1.70. The molecule has 0 saturated heterocycles. The predicted molar refractivity (Wildman–Crippen MR) is 130 cm³/mol. The minimum Gasteiger partial charge on any atom is -0.493 e. The molecule has 0 bridgehead atoms. The molecule has 1 aromatic heterocycles. The average molecular weight is 530 g/mol. The SMILES string of the molecule is CCNC(=NCc1cccnc1OCCOC)Nc1ccc(OC)c(OCC)c1.I. The van der Waals surface area contributed by atoms with Crippen LogP contribution in [-0.4, -0.2) is 51.5 Å². The van der Waals surface area contributed by atoms with E-state index in [0.29, 0.717) is 49.7 Å². The molecular formula is C21H31IN4O4. The largest absolute Gasteiger partial charge is 0.493 e. The number of aromatic nitrogens is 1. The van der Waals surface area contributed by atoms with E-state index >= 15 is 0 Å². The van der Waals surface area contributed by atoms with Gasteiger partial charge in [0.25, 0.3) is 0 Å². The Morgan fingerprint density at radius 1 is 1.07 bits per heavy atom. The second-order valence-corrected chi connectivity index (χ2v) is 5.93. The van der Waals surface area contributed by atoms with Crippen molar-refractivity contribution >= 4 is 35.6 Å². The molecule has 9 heteroatoms. The molecule has 1 heterocycles. The number of benzene rings is 1. The molecule has 30 heavy (non-hydrogen) atoms. The van der Waals surface area contributed by atoms with Gasteiger partial charge in [-0.25, -0.2) is 9.98 Å². The van der Waals surface area contributed by atoms with Crippen LogP contribution in [0.3, 0.4) is 0 Å². The third kappa shape index (κ3) is 8.23. The maximum atomic E-state index is 5.68. The van der Waals surface area contributed by atoms with Gasteiger partial charge in [-0.2, -0.15) is 0 Å². The highest BCUT2D eigenvalue weighted by atomic mass is 127. The number of ether oxygens (including phenoxy) is 4. The van der Waals surface area contributed by atoms with Gasteiger partial charge in [0.1, 0.15) is 6.61 Å². The summed E-state index contributed by atoms with van der Waals surface area (Å²) in [5, 5.41) is 6.53. The third-order valence-electron chi connectivity index (χ3n) is 3.85. The minimum absolute atomic E-state index is 0. The molecule has 0 atom stereocenters. The van der Waals surface area contributed by atoms with Crippen LogP contribution in [0.15, 0.2) is 41.5 Å². The molecule has 2 aromatic rings. The van der Waals surface area contributed by atoms with E-state index in [4.69, 9.17) is 18.9 Å². The number of methoxy groups -OCH3 is 2. The molecule has 0 aliphatic carbocycles. The van der Waals surface area contributed by atoms with Gasteiger partial charge in [0.2, 0.25) is 5.88 Å². The summed E-state index contributed by atoms with van der Waals surface area (Å²) < 4.78 is 21.7. The number of pyridine rings is 1. The standard InChI is InChI=1S/C21H30N4O4.HI/c1-5-22-21(25-17-9-10-18(27-4)19(14-17)28-6-2)24-15-16-8-7-11-23-20(16)29-13-12-26-3;/h7-11,14H,5-6,12-13,15H2,1-4H3,(H2,22,24,25);1H. The van der Waals surface area contributed by atoms with Gasteiger partial charge in [-0.15, -0.1) is 24.0 Å². The van der Waals surface area contributed by atoms with Crippen LogP contribution in [0.1, 0.15) is 19.4 Å². The monoisotopic (exact) mass is 530 g/mol. The van der Waals surface area contributed by atoms with Crippen molar-refractivity contribution in [1.29, 1.82) is 0 Å². The van der Waals surface area contributed by atoms with E-state index in [-0.39, 0.29) is 24.0 Å². The van der Waals surface area contributed by atoms with Gasteiger partial charge in [0.15, 0.2) is 17.5 Å². The number of anilines is 1. The number of aliphatic imine (C=N–C) groups is 1. The van der Waals surface area contributed by atoms with Crippen LogP contribution in [0.4, 0.5) is 5.69 Å². The van der Waals surface area contributed by atoms with Gasteiger partial charge in [-0.1, -0.05) is 6.07 Å². The first kappa shape index (κ1) is 25.8. The van der Waals surface area contributed by atoms with Crippen molar-refractivity contribution in [3.63, 3.8) is 0 Å². The fraction of sp³-hybridized carbons (Fsp3) is 0.429. The number of hydrogen-bond acceptors (Lipinski definition) is 6. The summed E-state index contributed by atoms with van der Waals surface area (Å²) in [6, 6.07) is 9.48. The second-order valence-electron chi connectivity index (χ2n) is 5.93. The molecule has 1 aromatic carbocycles. The normalized spacial score (nSPS) is 10.7. The number of rotatable bonds is 11. The van der Waals surface area contributed by atoms with Crippen molar-refractivity contribution < 1.29 is 18.9 Å². The van der Waals surface area contributed by atoms with Crippen LogP contribution < -0.4 is 24.8 Å². The Bertz CT molecular complexity index is 789. The van der Waals surface area contributed by atoms with Crippen LogP contribution >= 0.6 is 24.0 Å². The van der Waals surface area contributed by atoms with Crippen LogP contribution in [-0.2, 0) is 11.3 Å². The fourth-order valence-corrected chi connectivity index (χ4v) is 2.53. The molecule has 0 amide bonds. The summed E-state index contributed by atoms with van der Waals surface area (Å²) in [6.45, 7) is 6.59. The highest BCUT2D eigenvalue weighted by Gasteiger charge is 2.08. The Labute approximate surface area is 195 Å². The molecular weight excluding hydrogens is 499 g/mol. The molecule has 0 radical (unpaired) electrons. The molecule has 8 nitrogen and oxygen atoms in total. The van der Waals surface area contributed by atoms with E-state index in [9.17, 15) is 0 Å².